The lowest BCUT2D eigenvalue weighted by Crippen LogP contribution is -2.35. The van der Waals surface area contributed by atoms with Crippen molar-refractivity contribution in [3.05, 3.63) is 11.4 Å². The number of nitrogens with zero attached hydrogens (tertiary/aromatic N) is 4. The summed E-state index contributed by atoms with van der Waals surface area (Å²) in [5.74, 6) is 0.745. The summed E-state index contributed by atoms with van der Waals surface area (Å²) < 4.78 is 2.15. The van der Waals surface area contributed by atoms with Crippen molar-refractivity contribution < 1.29 is 0 Å². The maximum absolute atomic E-state index is 4.33. The number of nitrogens with one attached hydrogen (secondary N) is 1. The van der Waals surface area contributed by atoms with Crippen molar-refractivity contribution in [1.82, 2.24) is 25.2 Å². The molecule has 0 spiro atoms. The molecule has 0 radical (unpaired) electrons. The van der Waals surface area contributed by atoms with Gasteiger partial charge in [0.1, 0.15) is 0 Å². The van der Waals surface area contributed by atoms with Crippen molar-refractivity contribution in [2.75, 3.05) is 26.7 Å². The van der Waals surface area contributed by atoms with E-state index in [1.54, 1.807) is 0 Å². The average Bonchev–Trinajstić information content (AvgIpc) is 2.73. The highest BCUT2D eigenvalue weighted by molar-refractivity contribution is 5.13. The van der Waals surface area contributed by atoms with Crippen molar-refractivity contribution >= 4 is 0 Å². The summed E-state index contributed by atoms with van der Waals surface area (Å²) in [6.07, 6.45) is 3.72. The van der Waals surface area contributed by atoms with E-state index in [4.69, 9.17) is 0 Å². The molecule has 0 saturated carbocycles. The fraction of sp³-hybridized carbons (Fsp3) is 0.833. The molecule has 1 saturated heterocycles. The van der Waals surface area contributed by atoms with Gasteiger partial charge < -0.3 is 10.2 Å². The van der Waals surface area contributed by atoms with Gasteiger partial charge in [0.2, 0.25) is 0 Å². The first-order valence-corrected chi connectivity index (χ1v) is 6.63. The van der Waals surface area contributed by atoms with Crippen molar-refractivity contribution in [2.24, 2.45) is 5.92 Å². The first kappa shape index (κ1) is 11.2. The zero-order valence-corrected chi connectivity index (χ0v) is 10.5. The van der Waals surface area contributed by atoms with Crippen LogP contribution < -0.4 is 5.32 Å². The lowest BCUT2D eigenvalue weighted by Gasteiger charge is -2.29. The van der Waals surface area contributed by atoms with Crippen LogP contribution in [0.2, 0.25) is 0 Å². The molecule has 5 heteroatoms. The molecule has 1 fully saturated rings. The molecule has 3 heterocycles. The third-order valence-electron chi connectivity index (χ3n) is 3.90. The molecule has 0 amide bonds. The van der Waals surface area contributed by atoms with Gasteiger partial charge in [0.05, 0.1) is 11.4 Å². The minimum atomic E-state index is 0.745. The third kappa shape index (κ3) is 2.35. The second-order valence-electron chi connectivity index (χ2n) is 5.36. The lowest BCUT2D eigenvalue weighted by atomic mass is 9.98. The Morgan fingerprint density at radius 1 is 1.47 bits per heavy atom. The van der Waals surface area contributed by atoms with Gasteiger partial charge in [-0.05, 0) is 32.4 Å². The summed E-state index contributed by atoms with van der Waals surface area (Å²) in [6.45, 7) is 5.44. The monoisotopic (exact) mass is 235 g/mol. The standard InChI is InChI=1S/C12H21N5/c1-16-6-2-3-10(8-16)9-17-12-4-5-13-7-11(12)14-15-17/h10,13H,2-9H2,1H3. The first-order chi connectivity index (χ1) is 8.33. The highest BCUT2D eigenvalue weighted by Gasteiger charge is 2.21. The molecule has 3 rings (SSSR count). The Labute approximate surface area is 102 Å². The van der Waals surface area contributed by atoms with Gasteiger partial charge in [-0.15, -0.1) is 5.10 Å². The predicted octanol–water partition coefficient (Wildman–Crippen LogP) is 0.266. The van der Waals surface area contributed by atoms with Crippen LogP contribution in [0.5, 0.6) is 0 Å². The van der Waals surface area contributed by atoms with Crippen LogP contribution in [-0.2, 0) is 19.5 Å². The number of aromatic nitrogens is 3. The summed E-state index contributed by atoms with van der Waals surface area (Å²) in [5.41, 5.74) is 2.51. The summed E-state index contributed by atoms with van der Waals surface area (Å²) in [5, 5.41) is 11.9. The van der Waals surface area contributed by atoms with E-state index >= 15 is 0 Å². The summed E-state index contributed by atoms with van der Waals surface area (Å²) in [6, 6.07) is 0. The molecule has 1 atom stereocenters. The summed E-state index contributed by atoms with van der Waals surface area (Å²) >= 11 is 0. The van der Waals surface area contributed by atoms with Crippen molar-refractivity contribution in [3.8, 4) is 0 Å². The zero-order valence-electron chi connectivity index (χ0n) is 10.5. The Bertz CT molecular complexity index is 386. The molecule has 0 aromatic carbocycles. The molecule has 1 aromatic rings. The van der Waals surface area contributed by atoms with Gasteiger partial charge in [-0.2, -0.15) is 0 Å². The second-order valence-corrected chi connectivity index (χ2v) is 5.36. The average molecular weight is 235 g/mol. The number of likely N-dealkylation sites (tertiary alicyclic amines) is 1. The van der Waals surface area contributed by atoms with E-state index in [2.05, 4.69) is 32.3 Å². The van der Waals surface area contributed by atoms with Gasteiger partial charge in [-0.25, -0.2) is 4.68 Å². The quantitative estimate of drug-likeness (QED) is 0.799. The number of fused-ring (bicyclic) bond motifs is 1. The van der Waals surface area contributed by atoms with Gasteiger partial charge in [0.25, 0.3) is 0 Å². The fourth-order valence-corrected chi connectivity index (χ4v) is 3.01. The van der Waals surface area contributed by atoms with Crippen LogP contribution in [0.1, 0.15) is 24.2 Å². The van der Waals surface area contributed by atoms with Crippen LogP contribution in [0.25, 0.3) is 0 Å². The van der Waals surface area contributed by atoms with Crippen LogP contribution in [0.4, 0.5) is 0 Å². The SMILES string of the molecule is CN1CCCC(Cn2nnc3c2CCNC3)C1. The predicted molar refractivity (Wildman–Crippen MR) is 65.7 cm³/mol. The topological polar surface area (TPSA) is 46.0 Å². The van der Waals surface area contributed by atoms with E-state index in [-0.39, 0.29) is 0 Å². The van der Waals surface area contributed by atoms with Gasteiger partial charge in [-0.1, -0.05) is 5.21 Å². The van der Waals surface area contributed by atoms with Crippen LogP contribution in [0.15, 0.2) is 0 Å². The fourth-order valence-electron chi connectivity index (χ4n) is 3.01. The molecule has 2 aliphatic heterocycles. The molecule has 5 nitrogen and oxygen atoms in total. The molecular formula is C12H21N5. The number of hydrogen-bond donors (Lipinski definition) is 1. The molecule has 1 aromatic heterocycles. The van der Waals surface area contributed by atoms with E-state index in [1.807, 2.05) is 0 Å². The van der Waals surface area contributed by atoms with Gasteiger partial charge in [0, 0.05) is 32.6 Å². The van der Waals surface area contributed by atoms with Crippen LogP contribution in [-0.4, -0.2) is 46.6 Å². The maximum atomic E-state index is 4.33. The largest absolute Gasteiger partial charge is 0.311 e. The summed E-state index contributed by atoms with van der Waals surface area (Å²) in [4.78, 5) is 2.43. The number of rotatable bonds is 2. The molecule has 0 aliphatic carbocycles. The van der Waals surface area contributed by atoms with Crippen LogP contribution in [0.3, 0.4) is 0 Å². The second kappa shape index (κ2) is 4.74. The highest BCUT2D eigenvalue weighted by Crippen LogP contribution is 2.19. The van der Waals surface area contributed by atoms with Gasteiger partial charge in [-0.3, -0.25) is 0 Å². The molecule has 0 bridgehead atoms. The Kier molecular flexibility index (Phi) is 3.11. The first-order valence-electron chi connectivity index (χ1n) is 6.63. The third-order valence-corrected chi connectivity index (χ3v) is 3.90. The Morgan fingerprint density at radius 2 is 2.41 bits per heavy atom. The lowest BCUT2D eigenvalue weighted by molar-refractivity contribution is 0.189. The van der Waals surface area contributed by atoms with Crippen molar-refractivity contribution in [1.29, 1.82) is 0 Å². The van der Waals surface area contributed by atoms with Crippen molar-refractivity contribution in [2.45, 2.75) is 32.4 Å². The Morgan fingerprint density at radius 3 is 3.29 bits per heavy atom. The highest BCUT2D eigenvalue weighted by atomic mass is 15.4. The smallest absolute Gasteiger partial charge is 0.0997 e. The molecular weight excluding hydrogens is 214 g/mol. The molecule has 1 unspecified atom stereocenters. The number of hydrogen-bond acceptors (Lipinski definition) is 4. The van der Waals surface area contributed by atoms with E-state index in [0.717, 1.165) is 37.7 Å². The zero-order chi connectivity index (χ0) is 11.7. The number of piperidine rings is 1. The molecule has 94 valence electrons. The van der Waals surface area contributed by atoms with E-state index in [1.165, 1.54) is 31.6 Å². The van der Waals surface area contributed by atoms with Gasteiger partial charge in [0.15, 0.2) is 0 Å². The summed E-state index contributed by atoms with van der Waals surface area (Å²) in [7, 11) is 2.22. The van der Waals surface area contributed by atoms with Crippen LogP contribution in [0, 0.1) is 5.92 Å². The van der Waals surface area contributed by atoms with Gasteiger partial charge >= 0.3 is 0 Å². The maximum Gasteiger partial charge on any atom is 0.0997 e. The van der Waals surface area contributed by atoms with E-state index in [9.17, 15) is 0 Å². The molecule has 1 N–H and O–H groups in total. The minimum absolute atomic E-state index is 0.745. The Hall–Kier alpha value is -0.940. The normalized spacial score (nSPS) is 25.8. The molecule has 2 aliphatic rings. The molecule has 17 heavy (non-hydrogen) atoms. The van der Waals surface area contributed by atoms with Crippen LogP contribution >= 0.6 is 0 Å². The van der Waals surface area contributed by atoms with E-state index in [0.29, 0.717) is 0 Å². The van der Waals surface area contributed by atoms with E-state index < -0.39 is 0 Å². The van der Waals surface area contributed by atoms with Crippen molar-refractivity contribution in [3.63, 3.8) is 0 Å². The minimum Gasteiger partial charge on any atom is -0.311 e. The Balaban J connectivity index is 1.70.